The molecule has 78 valence electrons. The summed E-state index contributed by atoms with van der Waals surface area (Å²) in [6.45, 7) is 6.04. The quantitative estimate of drug-likeness (QED) is 0.466. The second-order valence-electron chi connectivity index (χ2n) is 3.25. The Labute approximate surface area is 79.6 Å². The van der Waals surface area contributed by atoms with E-state index in [-0.39, 0.29) is 12.5 Å². The van der Waals surface area contributed by atoms with Crippen LogP contribution in [0.2, 0.25) is 0 Å². The maximum atomic E-state index is 11.0. The number of methoxy groups -OCH3 is 1. The van der Waals surface area contributed by atoms with Crippen molar-refractivity contribution in [1.29, 1.82) is 0 Å². The Balaban J connectivity index is 3.20. The molecule has 0 aromatic heterocycles. The molecule has 0 radical (unpaired) electrons. The summed E-state index contributed by atoms with van der Waals surface area (Å²) >= 11 is 0. The molecule has 0 rings (SSSR count). The zero-order valence-electron chi connectivity index (χ0n) is 8.63. The molecule has 13 heavy (non-hydrogen) atoms. The second kappa shape index (κ2) is 8.01. The van der Waals surface area contributed by atoms with Gasteiger partial charge in [0, 0.05) is 13.7 Å². The van der Waals surface area contributed by atoms with E-state index in [1.54, 1.807) is 7.11 Å². The van der Waals surface area contributed by atoms with Gasteiger partial charge in [-0.2, -0.15) is 0 Å². The van der Waals surface area contributed by atoms with E-state index < -0.39 is 0 Å². The first kappa shape index (κ1) is 12.4. The summed E-state index contributed by atoms with van der Waals surface area (Å²) in [5.74, 6) is 0.188. The standard InChI is InChI=1S/C9H19NO3/c1-8(2)7-13-9(11)6-10-4-5-12-3/h8,10H,4-7H2,1-3H3. The van der Waals surface area contributed by atoms with E-state index >= 15 is 0 Å². The molecule has 1 N–H and O–H groups in total. The number of nitrogens with one attached hydrogen (secondary N) is 1. The molecule has 0 aromatic carbocycles. The molecule has 0 aliphatic carbocycles. The molecule has 0 fully saturated rings. The fourth-order valence-corrected chi connectivity index (χ4v) is 0.675. The summed E-state index contributed by atoms with van der Waals surface area (Å²) in [5, 5.41) is 2.91. The number of hydrogen-bond donors (Lipinski definition) is 1. The molecule has 0 heterocycles. The fourth-order valence-electron chi connectivity index (χ4n) is 0.675. The topological polar surface area (TPSA) is 47.6 Å². The van der Waals surface area contributed by atoms with Gasteiger partial charge in [0.2, 0.25) is 0 Å². The lowest BCUT2D eigenvalue weighted by atomic mass is 10.2. The lowest BCUT2D eigenvalue weighted by molar-refractivity contribution is -0.143. The van der Waals surface area contributed by atoms with Gasteiger partial charge < -0.3 is 14.8 Å². The summed E-state index contributed by atoms with van der Waals surface area (Å²) in [5.41, 5.74) is 0. The number of hydrogen-bond acceptors (Lipinski definition) is 4. The maximum absolute atomic E-state index is 11.0. The summed E-state index contributed by atoms with van der Waals surface area (Å²) < 4.78 is 9.75. The number of rotatable bonds is 7. The monoisotopic (exact) mass is 189 g/mol. The number of esters is 1. The predicted molar refractivity (Wildman–Crippen MR) is 50.5 cm³/mol. The van der Waals surface area contributed by atoms with Crippen LogP contribution < -0.4 is 5.32 Å². The van der Waals surface area contributed by atoms with Crippen LogP contribution in [0.15, 0.2) is 0 Å². The Kier molecular flexibility index (Phi) is 7.63. The normalized spacial score (nSPS) is 10.5. The molecule has 0 saturated carbocycles. The third-order valence-corrected chi connectivity index (χ3v) is 1.33. The van der Waals surface area contributed by atoms with E-state index in [1.165, 1.54) is 0 Å². The third-order valence-electron chi connectivity index (χ3n) is 1.33. The van der Waals surface area contributed by atoms with Crippen LogP contribution in [0, 0.1) is 5.92 Å². The molecule has 0 bridgehead atoms. The average Bonchev–Trinajstić information content (AvgIpc) is 2.09. The summed E-state index contributed by atoms with van der Waals surface area (Å²) in [4.78, 5) is 11.0. The Morgan fingerprint density at radius 1 is 1.46 bits per heavy atom. The fraction of sp³-hybridized carbons (Fsp3) is 0.889. The van der Waals surface area contributed by atoms with Gasteiger partial charge in [-0.25, -0.2) is 0 Å². The molecule has 0 aliphatic rings. The number of ether oxygens (including phenoxy) is 2. The van der Waals surface area contributed by atoms with E-state index in [0.29, 0.717) is 25.7 Å². The van der Waals surface area contributed by atoms with Gasteiger partial charge in [0.05, 0.1) is 19.8 Å². The first-order chi connectivity index (χ1) is 6.16. The van der Waals surface area contributed by atoms with Gasteiger partial charge in [-0.15, -0.1) is 0 Å². The molecule has 0 aromatic rings. The maximum Gasteiger partial charge on any atom is 0.319 e. The largest absolute Gasteiger partial charge is 0.464 e. The molecule has 4 nitrogen and oxygen atoms in total. The predicted octanol–water partition coefficient (Wildman–Crippen LogP) is 0.422. The van der Waals surface area contributed by atoms with Gasteiger partial charge in [0.15, 0.2) is 0 Å². The van der Waals surface area contributed by atoms with E-state index in [2.05, 4.69) is 5.32 Å². The highest BCUT2D eigenvalue weighted by molar-refractivity contribution is 5.71. The molecule has 0 unspecified atom stereocenters. The lowest BCUT2D eigenvalue weighted by Gasteiger charge is -2.07. The SMILES string of the molecule is COCCNCC(=O)OCC(C)C. The van der Waals surface area contributed by atoms with Gasteiger partial charge in [0.1, 0.15) is 0 Å². The minimum atomic E-state index is -0.204. The highest BCUT2D eigenvalue weighted by Crippen LogP contribution is 1.91. The molecule has 0 saturated heterocycles. The molecule has 0 spiro atoms. The van der Waals surface area contributed by atoms with Crippen molar-refractivity contribution in [1.82, 2.24) is 5.32 Å². The van der Waals surface area contributed by atoms with Gasteiger partial charge in [-0.1, -0.05) is 13.8 Å². The Morgan fingerprint density at radius 2 is 2.15 bits per heavy atom. The average molecular weight is 189 g/mol. The summed E-state index contributed by atoms with van der Waals surface area (Å²) in [6.07, 6.45) is 0. The minimum Gasteiger partial charge on any atom is -0.464 e. The van der Waals surface area contributed by atoms with Crippen molar-refractivity contribution in [3.05, 3.63) is 0 Å². The number of carbonyl (C=O) groups is 1. The van der Waals surface area contributed by atoms with Crippen LogP contribution >= 0.6 is 0 Å². The van der Waals surface area contributed by atoms with E-state index in [9.17, 15) is 4.79 Å². The van der Waals surface area contributed by atoms with Crippen molar-refractivity contribution in [2.24, 2.45) is 5.92 Å². The first-order valence-electron chi connectivity index (χ1n) is 4.52. The van der Waals surface area contributed by atoms with E-state index in [0.717, 1.165) is 0 Å². The number of carbonyl (C=O) groups excluding carboxylic acids is 1. The molecule has 0 aliphatic heterocycles. The van der Waals surface area contributed by atoms with Crippen LogP contribution in [0.3, 0.4) is 0 Å². The molecule has 0 atom stereocenters. The second-order valence-corrected chi connectivity index (χ2v) is 3.25. The van der Waals surface area contributed by atoms with Crippen LogP contribution in [0.5, 0.6) is 0 Å². The van der Waals surface area contributed by atoms with Crippen molar-refractivity contribution in [3.63, 3.8) is 0 Å². The highest BCUT2D eigenvalue weighted by Gasteiger charge is 2.02. The van der Waals surface area contributed by atoms with Crippen LogP contribution in [0.4, 0.5) is 0 Å². The van der Waals surface area contributed by atoms with Gasteiger partial charge in [-0.05, 0) is 5.92 Å². The van der Waals surface area contributed by atoms with Crippen LogP contribution in [-0.4, -0.2) is 39.4 Å². The van der Waals surface area contributed by atoms with Crippen molar-refractivity contribution >= 4 is 5.97 Å². The van der Waals surface area contributed by atoms with E-state index in [1.807, 2.05) is 13.8 Å². The van der Waals surface area contributed by atoms with Gasteiger partial charge in [0.25, 0.3) is 0 Å². The third kappa shape index (κ3) is 9.30. The van der Waals surface area contributed by atoms with Crippen LogP contribution in [-0.2, 0) is 14.3 Å². The van der Waals surface area contributed by atoms with Crippen molar-refractivity contribution in [2.75, 3.05) is 33.4 Å². The first-order valence-corrected chi connectivity index (χ1v) is 4.52. The van der Waals surface area contributed by atoms with Gasteiger partial charge >= 0.3 is 5.97 Å². The molecule has 0 amide bonds. The Bertz CT molecular complexity index is 137. The van der Waals surface area contributed by atoms with Crippen LogP contribution in [0.25, 0.3) is 0 Å². The summed E-state index contributed by atoms with van der Waals surface area (Å²) in [6, 6.07) is 0. The Hall–Kier alpha value is -0.610. The highest BCUT2D eigenvalue weighted by atomic mass is 16.5. The van der Waals surface area contributed by atoms with Crippen molar-refractivity contribution in [2.45, 2.75) is 13.8 Å². The zero-order valence-corrected chi connectivity index (χ0v) is 8.63. The lowest BCUT2D eigenvalue weighted by Crippen LogP contribution is -2.28. The van der Waals surface area contributed by atoms with Gasteiger partial charge in [-0.3, -0.25) is 4.79 Å². The molecular formula is C9H19NO3. The molecule has 4 heteroatoms. The summed E-state index contributed by atoms with van der Waals surface area (Å²) in [7, 11) is 1.62. The zero-order chi connectivity index (χ0) is 10.1. The van der Waals surface area contributed by atoms with E-state index in [4.69, 9.17) is 9.47 Å². The minimum absolute atomic E-state index is 0.204. The van der Waals surface area contributed by atoms with Crippen LogP contribution in [0.1, 0.15) is 13.8 Å². The van der Waals surface area contributed by atoms with Crippen molar-refractivity contribution in [3.8, 4) is 0 Å². The molecular weight excluding hydrogens is 170 g/mol. The smallest absolute Gasteiger partial charge is 0.319 e. The van der Waals surface area contributed by atoms with Crippen molar-refractivity contribution < 1.29 is 14.3 Å². The Morgan fingerprint density at radius 3 is 2.69 bits per heavy atom.